The molecule has 1 saturated carbocycles. The molecule has 11 heteroatoms. The molecule has 19 rings (SSSR count). The molecule has 0 bridgehead atoms. The maximum atomic E-state index is 8.89. The molecule has 0 aliphatic heterocycles. The molecule has 4 heterocycles. The summed E-state index contributed by atoms with van der Waals surface area (Å²) in [6.07, 6.45) is 12.3. The molecule has 1 fully saturated rings. The van der Waals surface area contributed by atoms with Crippen molar-refractivity contribution in [2.75, 3.05) is 0 Å². The molecular formula is C107H99Ge2Ir2N7-4. The van der Waals surface area contributed by atoms with Gasteiger partial charge in [0.25, 0.3) is 0 Å². The minimum atomic E-state index is -1.92. The number of nitrogens with zero attached hydrogens (tertiary/aromatic N) is 7. The van der Waals surface area contributed by atoms with Gasteiger partial charge in [0, 0.05) is 51.6 Å². The average Bonchev–Trinajstić information content (AvgIpc) is 1.58. The van der Waals surface area contributed by atoms with Gasteiger partial charge in [0.1, 0.15) is 0 Å². The zero-order chi connectivity index (χ0) is 80.5. The number of imidazole rings is 2. The smallest absolute Gasteiger partial charge is 0 e. The van der Waals surface area contributed by atoms with E-state index < -0.39 is 26.5 Å². The Morgan fingerprint density at radius 3 is 1.31 bits per heavy atom. The van der Waals surface area contributed by atoms with Crippen LogP contribution in [0.3, 0.4) is 0 Å². The van der Waals surface area contributed by atoms with E-state index in [0.29, 0.717) is 11.5 Å². The molecule has 0 atom stereocenters. The number of benzene rings is 12. The first-order valence-corrected chi connectivity index (χ1v) is 55.8. The number of pyridine rings is 2. The normalized spacial score (nSPS) is 13.5. The molecule has 3 aliphatic rings. The number of rotatable bonds is 13. The van der Waals surface area contributed by atoms with Crippen molar-refractivity contribution >= 4 is 57.4 Å². The quantitative estimate of drug-likeness (QED) is 0.0848. The van der Waals surface area contributed by atoms with Crippen molar-refractivity contribution in [3.63, 3.8) is 0 Å². The molecule has 0 amide bonds. The summed E-state index contributed by atoms with van der Waals surface area (Å²) in [5.41, 5.74) is 31.5. The van der Waals surface area contributed by atoms with Crippen molar-refractivity contribution < 1.29 is 40.2 Å². The van der Waals surface area contributed by atoms with Gasteiger partial charge in [0.15, 0.2) is 0 Å². The second kappa shape index (κ2) is 35.7. The summed E-state index contributed by atoms with van der Waals surface area (Å²) in [5.74, 6) is 17.9. The van der Waals surface area contributed by atoms with Crippen molar-refractivity contribution in [1.82, 2.24) is 29.1 Å². The molecule has 118 heavy (non-hydrogen) atoms. The third-order valence-corrected chi connectivity index (χ3v) is 32.1. The van der Waals surface area contributed by atoms with E-state index in [1.165, 1.54) is 109 Å². The second-order valence-corrected chi connectivity index (χ2v) is 55.9. The maximum Gasteiger partial charge on any atom is 0 e. The fourth-order valence-electron chi connectivity index (χ4n) is 17.5. The summed E-state index contributed by atoms with van der Waals surface area (Å²) >= 11 is -3.81. The van der Waals surface area contributed by atoms with Gasteiger partial charge < -0.3 is 9.13 Å². The van der Waals surface area contributed by atoms with E-state index in [4.69, 9.17) is 20.2 Å². The van der Waals surface area contributed by atoms with Crippen molar-refractivity contribution in [3.05, 3.63) is 361 Å². The standard InChI is InChI=1S/2C34H25N2.C20H26GeN.C19H23GeN2.2Ir/c2*1-34(2)29-13-7-6-12-27(29)28-22-25(18-21-30(28)34)33-35-31-14-8-9-15-32(31)36(33)26-19-16-24(17-20-26)23-10-4-3-5-11-23;1-21(2,3)19-15-22-20(17-12-8-5-9-13-17)14-18(19)16-10-6-4-7-11-16;1-14(2)10-17-11-19(22-13-18(17)20(3,4)5)16-8-6-15(12-21)7-9-16;;/h2*3-17,19-22H,1-2H3;5,8-9,12,14-16H,4,6-7,10-11H2,1-3H3;6-8,11,13-14H,10H2,1-5H3;;/q4*-1;;. The van der Waals surface area contributed by atoms with Crippen LogP contribution in [0, 0.1) is 41.5 Å². The number of nitriles is 1. The Morgan fingerprint density at radius 2 is 0.856 bits per heavy atom. The van der Waals surface area contributed by atoms with Gasteiger partial charge in [-0.25, -0.2) is 0 Å². The number of para-hydroxylation sites is 4. The van der Waals surface area contributed by atoms with E-state index in [9.17, 15) is 0 Å². The van der Waals surface area contributed by atoms with Gasteiger partial charge in [-0.1, -0.05) is 197 Å². The summed E-state index contributed by atoms with van der Waals surface area (Å²) in [6.45, 7) is 13.7. The van der Waals surface area contributed by atoms with Gasteiger partial charge in [-0.15, -0.1) is 58.7 Å². The summed E-state index contributed by atoms with van der Waals surface area (Å²) in [5, 5.41) is 8.89. The van der Waals surface area contributed by atoms with Crippen LogP contribution in [-0.2, 0) is 57.5 Å². The first-order chi connectivity index (χ1) is 56.1. The Morgan fingerprint density at radius 1 is 0.424 bits per heavy atom. The fraction of sp³-hybridized carbons (Fsp3) is 0.206. The van der Waals surface area contributed by atoms with E-state index in [0.717, 1.165) is 91.1 Å². The predicted octanol–water partition coefficient (Wildman–Crippen LogP) is 26.2. The summed E-state index contributed by atoms with van der Waals surface area (Å²) in [7, 11) is 0. The number of hydrogen-bond donors (Lipinski definition) is 0. The van der Waals surface area contributed by atoms with Crippen LogP contribution in [0.4, 0.5) is 0 Å². The Kier molecular flexibility index (Phi) is 25.5. The Hall–Kier alpha value is -10.2. The number of fused-ring (bicyclic) bond motifs is 8. The van der Waals surface area contributed by atoms with Crippen molar-refractivity contribution in [3.8, 4) is 107 Å². The van der Waals surface area contributed by atoms with Gasteiger partial charge >= 0.3 is 274 Å². The summed E-state index contributed by atoms with van der Waals surface area (Å²) in [6, 6.07) is 116. The average molecular weight is 2010 g/mol. The fourth-order valence-corrected chi connectivity index (χ4v) is 24.2. The van der Waals surface area contributed by atoms with E-state index in [1.807, 2.05) is 36.4 Å². The van der Waals surface area contributed by atoms with Crippen molar-refractivity contribution in [2.24, 2.45) is 5.92 Å². The van der Waals surface area contributed by atoms with E-state index in [-0.39, 0.29) is 51.0 Å². The number of aromatic nitrogens is 6. The SMILES string of the molecule is CC(C)Cc1cc(-c2[c-]cc(C#N)cc2)nc[c]1[Ge]([CH3])([CH3])[CH3].CC1(C)c2c[c-]c(-c3nc4ccccc4n3-c3ccc(-c4ccccc4)cc3)cc2-c2ccccc21.CC1(C)c2c[c-]c(-c3nc4ccccc4n3-c3ccc(-c4ccccc4)cc3)cc2-c2ccccc21.[CH3][Ge]([CH3])([CH3])[c]1cnc(-c2[c-]cccc2)cc1C1CCCCC1.[Ir].[Ir]. The molecule has 0 unspecified atom stereocenters. The van der Waals surface area contributed by atoms with Crippen LogP contribution in [0.5, 0.6) is 0 Å². The molecule has 0 N–H and O–H groups in total. The topological polar surface area (TPSA) is 85.2 Å². The van der Waals surface area contributed by atoms with Crippen LogP contribution in [0.1, 0.15) is 119 Å². The molecule has 4 aromatic heterocycles. The van der Waals surface area contributed by atoms with Gasteiger partial charge in [-0.2, -0.15) is 0 Å². The third kappa shape index (κ3) is 17.5. The van der Waals surface area contributed by atoms with Gasteiger partial charge in [-0.3, -0.25) is 9.97 Å². The van der Waals surface area contributed by atoms with Crippen molar-refractivity contribution in [1.29, 1.82) is 5.26 Å². The molecule has 0 spiro atoms. The zero-order valence-corrected chi connectivity index (χ0v) is 78.5. The van der Waals surface area contributed by atoms with E-state index in [2.05, 4.69) is 376 Å². The Bertz CT molecular complexity index is 6000. The molecule has 2 radical (unpaired) electrons. The van der Waals surface area contributed by atoms with Crippen LogP contribution < -0.4 is 8.79 Å². The Labute approximate surface area is 730 Å². The van der Waals surface area contributed by atoms with Gasteiger partial charge in [0.2, 0.25) is 0 Å². The van der Waals surface area contributed by atoms with E-state index >= 15 is 0 Å². The van der Waals surface area contributed by atoms with Gasteiger partial charge in [-0.05, 0) is 104 Å². The zero-order valence-electron chi connectivity index (χ0n) is 69.5. The first-order valence-electron chi connectivity index (χ1n) is 41.1. The second-order valence-electron chi connectivity index (χ2n) is 34.7. The minimum absolute atomic E-state index is 0. The number of hydrogen-bond acceptors (Lipinski definition) is 5. The summed E-state index contributed by atoms with van der Waals surface area (Å²) in [4.78, 5) is 19.6. The van der Waals surface area contributed by atoms with Crippen LogP contribution in [-0.4, -0.2) is 55.6 Å². The molecule has 12 aromatic carbocycles. The largest absolute Gasteiger partial charge is 0 e. The van der Waals surface area contributed by atoms with Crippen LogP contribution in [0.2, 0.25) is 34.5 Å². The molecule has 7 nitrogen and oxygen atoms in total. The van der Waals surface area contributed by atoms with Crippen LogP contribution in [0.25, 0.3) is 123 Å². The maximum absolute atomic E-state index is 8.89. The minimum Gasteiger partial charge on any atom is 0 e. The molecule has 592 valence electrons. The van der Waals surface area contributed by atoms with Crippen LogP contribution >= 0.6 is 0 Å². The first kappa shape index (κ1) is 84.2. The van der Waals surface area contributed by atoms with Crippen LogP contribution in [0.15, 0.2) is 298 Å². The van der Waals surface area contributed by atoms with E-state index in [1.54, 1.807) is 16.0 Å². The Balaban J connectivity index is 0.000000132. The van der Waals surface area contributed by atoms with Crippen molar-refractivity contribution in [2.45, 2.75) is 131 Å². The molecule has 0 saturated heterocycles. The summed E-state index contributed by atoms with van der Waals surface area (Å²) < 4.78 is 7.61. The molecule has 3 aliphatic carbocycles. The molecular weight excluding hydrogens is 1910 g/mol. The molecule has 16 aromatic rings. The van der Waals surface area contributed by atoms with Gasteiger partial charge in [0.05, 0.1) is 33.7 Å². The monoisotopic (exact) mass is 2020 g/mol. The predicted molar refractivity (Wildman–Crippen MR) is 489 cm³/mol. The third-order valence-electron chi connectivity index (χ3n) is 23.5.